The average Bonchev–Trinajstić information content (AvgIpc) is 2.20. The number of aryl methyl sites for hydroxylation is 1. The summed E-state index contributed by atoms with van der Waals surface area (Å²) in [5, 5.41) is 0. The molecule has 0 aromatic heterocycles. The first-order valence-corrected chi connectivity index (χ1v) is 4.45. The first-order chi connectivity index (χ1) is 6.65. The molecule has 0 spiro atoms. The lowest BCUT2D eigenvalue weighted by Gasteiger charge is -2.13. The van der Waals surface area contributed by atoms with Crippen molar-refractivity contribution in [2.45, 2.75) is 20.0 Å². The van der Waals surface area contributed by atoms with Crippen molar-refractivity contribution in [3.8, 4) is 5.75 Å². The predicted octanol–water partition coefficient (Wildman–Crippen LogP) is 1.94. The van der Waals surface area contributed by atoms with Crippen molar-refractivity contribution in [1.82, 2.24) is 0 Å². The number of rotatable bonds is 3. The molecule has 1 atom stereocenters. The van der Waals surface area contributed by atoms with E-state index in [0.717, 1.165) is 5.56 Å². The van der Waals surface area contributed by atoms with Crippen molar-refractivity contribution in [3.63, 3.8) is 0 Å². The molecule has 0 fully saturated rings. The molecule has 0 aliphatic carbocycles. The van der Waals surface area contributed by atoms with E-state index in [1.54, 1.807) is 6.92 Å². The summed E-state index contributed by atoms with van der Waals surface area (Å²) in [6, 6.07) is 7.55. The molecule has 1 unspecified atom stereocenters. The van der Waals surface area contributed by atoms with Gasteiger partial charge in [-0.1, -0.05) is 18.2 Å². The molecule has 1 rings (SSSR count). The number of esters is 1. The predicted molar refractivity (Wildman–Crippen MR) is 53.3 cm³/mol. The summed E-state index contributed by atoms with van der Waals surface area (Å²) in [7, 11) is 1.35. The van der Waals surface area contributed by atoms with Gasteiger partial charge in [0.15, 0.2) is 6.10 Å². The lowest BCUT2D eigenvalue weighted by Crippen LogP contribution is -2.25. The molecular weight excluding hydrogens is 180 g/mol. The third-order valence-corrected chi connectivity index (χ3v) is 1.93. The smallest absolute Gasteiger partial charge is 0.346 e. The number of benzene rings is 1. The molecular formula is C11H14O3. The molecule has 14 heavy (non-hydrogen) atoms. The van der Waals surface area contributed by atoms with Crippen LogP contribution in [-0.4, -0.2) is 19.2 Å². The molecule has 0 saturated carbocycles. The maximum absolute atomic E-state index is 11.1. The third kappa shape index (κ3) is 2.49. The molecule has 0 aliphatic heterocycles. The number of methoxy groups -OCH3 is 1. The van der Waals surface area contributed by atoms with Gasteiger partial charge in [-0.15, -0.1) is 0 Å². The van der Waals surface area contributed by atoms with E-state index in [-0.39, 0.29) is 5.97 Å². The number of para-hydroxylation sites is 1. The molecule has 76 valence electrons. The maximum Gasteiger partial charge on any atom is 0.346 e. The summed E-state index contributed by atoms with van der Waals surface area (Å²) in [4.78, 5) is 11.1. The highest BCUT2D eigenvalue weighted by Crippen LogP contribution is 2.17. The normalized spacial score (nSPS) is 11.9. The molecule has 0 radical (unpaired) electrons. The minimum atomic E-state index is -0.568. The largest absolute Gasteiger partial charge is 0.479 e. The molecule has 1 aromatic carbocycles. The van der Waals surface area contributed by atoms with Crippen LogP contribution in [0, 0.1) is 6.92 Å². The van der Waals surface area contributed by atoms with E-state index in [9.17, 15) is 4.79 Å². The Morgan fingerprint density at radius 3 is 2.57 bits per heavy atom. The van der Waals surface area contributed by atoms with Crippen molar-refractivity contribution >= 4 is 5.97 Å². The van der Waals surface area contributed by atoms with E-state index in [1.807, 2.05) is 31.2 Å². The summed E-state index contributed by atoms with van der Waals surface area (Å²) < 4.78 is 9.98. The van der Waals surface area contributed by atoms with E-state index in [1.165, 1.54) is 7.11 Å². The number of carbonyl (C=O) groups excluding carboxylic acids is 1. The van der Waals surface area contributed by atoms with Crippen LogP contribution in [0.4, 0.5) is 0 Å². The minimum absolute atomic E-state index is 0.367. The highest BCUT2D eigenvalue weighted by molar-refractivity contribution is 5.74. The lowest BCUT2D eigenvalue weighted by molar-refractivity contribution is -0.147. The fraction of sp³-hybridized carbons (Fsp3) is 0.364. The lowest BCUT2D eigenvalue weighted by atomic mass is 10.2. The van der Waals surface area contributed by atoms with E-state index in [2.05, 4.69) is 4.74 Å². The van der Waals surface area contributed by atoms with Crippen molar-refractivity contribution in [3.05, 3.63) is 29.8 Å². The SMILES string of the molecule is COC(=O)C(C)Oc1ccccc1C. The second-order valence-electron chi connectivity index (χ2n) is 3.05. The Labute approximate surface area is 83.6 Å². The summed E-state index contributed by atoms with van der Waals surface area (Å²) in [5.41, 5.74) is 1.00. The molecule has 0 amide bonds. The van der Waals surface area contributed by atoms with Crippen molar-refractivity contribution in [2.75, 3.05) is 7.11 Å². The van der Waals surface area contributed by atoms with Crippen LogP contribution in [-0.2, 0) is 9.53 Å². The maximum atomic E-state index is 11.1. The van der Waals surface area contributed by atoms with Gasteiger partial charge in [0.1, 0.15) is 5.75 Å². The molecule has 0 saturated heterocycles. The first kappa shape index (κ1) is 10.6. The van der Waals surface area contributed by atoms with E-state index >= 15 is 0 Å². The topological polar surface area (TPSA) is 35.5 Å². The Balaban J connectivity index is 2.69. The van der Waals surface area contributed by atoms with Gasteiger partial charge in [0, 0.05) is 0 Å². The Morgan fingerprint density at radius 1 is 1.36 bits per heavy atom. The second kappa shape index (κ2) is 4.65. The van der Waals surface area contributed by atoms with Gasteiger partial charge in [-0.05, 0) is 25.5 Å². The Morgan fingerprint density at radius 2 is 2.00 bits per heavy atom. The van der Waals surface area contributed by atoms with Crippen LogP contribution in [0.2, 0.25) is 0 Å². The number of hydrogen-bond donors (Lipinski definition) is 0. The Hall–Kier alpha value is -1.51. The summed E-state index contributed by atoms with van der Waals surface area (Å²) >= 11 is 0. The molecule has 3 nitrogen and oxygen atoms in total. The molecule has 1 aromatic rings. The molecule has 3 heteroatoms. The van der Waals surface area contributed by atoms with Crippen molar-refractivity contribution in [2.24, 2.45) is 0 Å². The molecule has 0 N–H and O–H groups in total. The van der Waals surface area contributed by atoms with Gasteiger partial charge in [0.2, 0.25) is 0 Å². The number of carbonyl (C=O) groups is 1. The van der Waals surface area contributed by atoms with Gasteiger partial charge in [0.25, 0.3) is 0 Å². The van der Waals surface area contributed by atoms with Crippen molar-refractivity contribution < 1.29 is 14.3 Å². The van der Waals surface area contributed by atoms with Crippen LogP contribution in [0.1, 0.15) is 12.5 Å². The number of ether oxygens (including phenoxy) is 2. The quantitative estimate of drug-likeness (QED) is 0.690. The van der Waals surface area contributed by atoms with Crippen LogP contribution in [0.3, 0.4) is 0 Å². The second-order valence-corrected chi connectivity index (χ2v) is 3.05. The fourth-order valence-electron chi connectivity index (χ4n) is 1.09. The van der Waals surface area contributed by atoms with Gasteiger partial charge in [-0.25, -0.2) is 4.79 Å². The third-order valence-electron chi connectivity index (χ3n) is 1.93. The monoisotopic (exact) mass is 194 g/mol. The van der Waals surface area contributed by atoms with Crippen molar-refractivity contribution in [1.29, 1.82) is 0 Å². The number of hydrogen-bond acceptors (Lipinski definition) is 3. The molecule has 0 aliphatic rings. The standard InChI is InChI=1S/C11H14O3/c1-8-6-4-5-7-10(8)14-9(2)11(12)13-3/h4-7,9H,1-3H3. The Bertz CT molecular complexity index is 320. The van der Waals surface area contributed by atoms with Crippen LogP contribution in [0.5, 0.6) is 5.75 Å². The fourth-order valence-corrected chi connectivity index (χ4v) is 1.09. The first-order valence-electron chi connectivity index (χ1n) is 4.45. The minimum Gasteiger partial charge on any atom is -0.479 e. The van der Waals surface area contributed by atoms with Gasteiger partial charge in [0.05, 0.1) is 7.11 Å². The van der Waals surface area contributed by atoms with Crippen LogP contribution in [0.25, 0.3) is 0 Å². The summed E-state index contributed by atoms with van der Waals surface area (Å²) in [6.45, 7) is 3.59. The molecule has 0 bridgehead atoms. The molecule has 0 heterocycles. The van der Waals surface area contributed by atoms with Gasteiger partial charge in [-0.3, -0.25) is 0 Å². The van der Waals surface area contributed by atoms with Gasteiger partial charge in [-0.2, -0.15) is 0 Å². The van der Waals surface area contributed by atoms with Gasteiger partial charge >= 0.3 is 5.97 Å². The zero-order chi connectivity index (χ0) is 10.6. The van der Waals surface area contributed by atoms with Crippen LogP contribution in [0.15, 0.2) is 24.3 Å². The summed E-state index contributed by atoms with van der Waals surface area (Å²) in [5.74, 6) is 0.346. The zero-order valence-corrected chi connectivity index (χ0v) is 8.61. The highest BCUT2D eigenvalue weighted by Gasteiger charge is 2.15. The summed E-state index contributed by atoms with van der Waals surface area (Å²) in [6.07, 6.45) is -0.568. The Kier molecular flexibility index (Phi) is 3.51. The van der Waals surface area contributed by atoms with E-state index in [4.69, 9.17) is 4.74 Å². The average molecular weight is 194 g/mol. The van der Waals surface area contributed by atoms with E-state index in [0.29, 0.717) is 5.75 Å². The van der Waals surface area contributed by atoms with E-state index < -0.39 is 6.10 Å². The van der Waals surface area contributed by atoms with Crippen LogP contribution >= 0.6 is 0 Å². The van der Waals surface area contributed by atoms with Gasteiger partial charge < -0.3 is 9.47 Å². The highest BCUT2D eigenvalue weighted by atomic mass is 16.6. The van der Waals surface area contributed by atoms with Crippen LogP contribution < -0.4 is 4.74 Å². The zero-order valence-electron chi connectivity index (χ0n) is 8.61.